The van der Waals surface area contributed by atoms with Gasteiger partial charge in [0.25, 0.3) is 0 Å². The summed E-state index contributed by atoms with van der Waals surface area (Å²) in [7, 11) is 0. The van der Waals surface area contributed by atoms with Crippen LogP contribution in [0.5, 0.6) is 0 Å². The summed E-state index contributed by atoms with van der Waals surface area (Å²) in [6, 6.07) is 0. The number of carbonyl (C=O) groups excluding carboxylic acids is 1. The van der Waals surface area contributed by atoms with Crippen molar-refractivity contribution >= 4 is 17.6 Å². The lowest BCUT2D eigenvalue weighted by atomic mass is 10.5. The molecule has 0 saturated heterocycles. The Bertz CT molecular complexity index is 152. The number of cyclic esters (lactones) is 1. The minimum absolute atomic E-state index is 0.0292. The van der Waals surface area contributed by atoms with Gasteiger partial charge in [-0.25, -0.2) is 4.79 Å². The molecule has 0 atom stereocenters. The Morgan fingerprint density at radius 3 is 3.00 bits per heavy atom. The van der Waals surface area contributed by atoms with Crippen LogP contribution in [0.1, 0.15) is 0 Å². The van der Waals surface area contributed by atoms with Crippen LogP contribution in [-0.4, -0.2) is 18.5 Å². The average molecular weight is 149 g/mol. The topological polar surface area (TPSA) is 35.5 Å². The average Bonchev–Trinajstić information content (AvgIpc) is 1.90. The number of halogens is 1. The number of rotatable bonds is 1. The quantitative estimate of drug-likeness (QED) is 0.404. The van der Waals surface area contributed by atoms with Gasteiger partial charge in [0.2, 0.25) is 0 Å². The molecule has 0 bridgehead atoms. The van der Waals surface area contributed by atoms with E-state index in [0.717, 1.165) is 0 Å². The highest BCUT2D eigenvalue weighted by Crippen LogP contribution is 2.05. The zero-order valence-corrected chi connectivity index (χ0v) is 5.35. The molecule has 4 heteroatoms. The van der Waals surface area contributed by atoms with E-state index in [2.05, 4.69) is 4.74 Å². The van der Waals surface area contributed by atoms with Crippen molar-refractivity contribution in [1.29, 1.82) is 0 Å². The van der Waals surface area contributed by atoms with Gasteiger partial charge in [-0.2, -0.15) is 0 Å². The fourth-order valence-corrected chi connectivity index (χ4v) is 0.561. The Labute approximate surface area is 57.2 Å². The molecule has 0 radical (unpaired) electrons. The van der Waals surface area contributed by atoms with Crippen molar-refractivity contribution in [3.05, 3.63) is 12.0 Å². The number of ether oxygens (including phenoxy) is 2. The summed E-state index contributed by atoms with van der Waals surface area (Å²) < 4.78 is 9.26. The molecule has 0 aromatic rings. The van der Waals surface area contributed by atoms with Crippen LogP contribution in [0.4, 0.5) is 0 Å². The van der Waals surface area contributed by atoms with Gasteiger partial charge in [-0.15, -0.1) is 11.6 Å². The van der Waals surface area contributed by atoms with Crippen molar-refractivity contribution in [2.45, 2.75) is 0 Å². The number of esters is 1. The van der Waals surface area contributed by atoms with Gasteiger partial charge >= 0.3 is 5.97 Å². The number of alkyl halides is 1. The summed E-state index contributed by atoms with van der Waals surface area (Å²) >= 11 is 5.34. The molecule has 0 saturated carbocycles. The third kappa shape index (κ3) is 1.61. The summed E-state index contributed by atoms with van der Waals surface area (Å²) in [5.74, 6) is 0.355. The summed E-state index contributed by atoms with van der Waals surface area (Å²) in [5.41, 5.74) is 0. The second-order valence-corrected chi connectivity index (χ2v) is 1.76. The first-order chi connectivity index (χ1) is 4.33. The molecule has 1 heterocycles. The SMILES string of the molecule is O=C1COC(CCl)=CO1. The Kier molecular flexibility index (Phi) is 1.95. The molecule has 9 heavy (non-hydrogen) atoms. The highest BCUT2D eigenvalue weighted by molar-refractivity contribution is 6.19. The Morgan fingerprint density at radius 2 is 2.56 bits per heavy atom. The van der Waals surface area contributed by atoms with Gasteiger partial charge in [-0.05, 0) is 0 Å². The van der Waals surface area contributed by atoms with E-state index in [1.165, 1.54) is 6.26 Å². The maximum Gasteiger partial charge on any atom is 0.349 e. The highest BCUT2D eigenvalue weighted by Gasteiger charge is 2.10. The van der Waals surface area contributed by atoms with Gasteiger partial charge in [0.15, 0.2) is 6.61 Å². The largest absolute Gasteiger partial charge is 0.482 e. The third-order valence-electron chi connectivity index (χ3n) is 0.829. The monoisotopic (exact) mass is 148 g/mol. The summed E-state index contributed by atoms with van der Waals surface area (Å²) in [6.45, 7) is -0.0292. The third-order valence-corrected chi connectivity index (χ3v) is 1.09. The van der Waals surface area contributed by atoms with Crippen LogP contribution < -0.4 is 0 Å². The molecule has 0 aromatic heterocycles. The van der Waals surface area contributed by atoms with Crippen molar-refractivity contribution in [3.8, 4) is 0 Å². The molecule has 1 aliphatic heterocycles. The van der Waals surface area contributed by atoms with Crippen molar-refractivity contribution in [2.24, 2.45) is 0 Å². The minimum atomic E-state index is -0.385. The maximum atomic E-state index is 10.3. The molecule has 1 aliphatic rings. The van der Waals surface area contributed by atoms with Gasteiger partial charge in [-0.3, -0.25) is 0 Å². The van der Waals surface area contributed by atoms with Crippen LogP contribution in [0.3, 0.4) is 0 Å². The van der Waals surface area contributed by atoms with E-state index in [1.807, 2.05) is 0 Å². The molecular weight excluding hydrogens is 144 g/mol. The lowest BCUT2D eigenvalue weighted by Gasteiger charge is -2.10. The van der Waals surface area contributed by atoms with E-state index >= 15 is 0 Å². The van der Waals surface area contributed by atoms with Crippen molar-refractivity contribution in [2.75, 3.05) is 12.5 Å². The molecule has 0 amide bonds. The second kappa shape index (κ2) is 2.73. The van der Waals surface area contributed by atoms with E-state index in [-0.39, 0.29) is 18.5 Å². The summed E-state index contributed by atoms with van der Waals surface area (Å²) in [5, 5.41) is 0. The molecule has 3 nitrogen and oxygen atoms in total. The van der Waals surface area contributed by atoms with Gasteiger partial charge in [-0.1, -0.05) is 0 Å². The molecule has 0 fully saturated rings. The lowest BCUT2D eigenvalue weighted by Crippen LogP contribution is -2.15. The number of carbonyl (C=O) groups is 1. The lowest BCUT2D eigenvalue weighted by molar-refractivity contribution is -0.145. The van der Waals surface area contributed by atoms with Crippen LogP contribution >= 0.6 is 11.6 Å². The minimum Gasteiger partial charge on any atom is -0.482 e. The Balaban J connectivity index is 2.50. The van der Waals surface area contributed by atoms with Gasteiger partial charge in [0.1, 0.15) is 12.0 Å². The zero-order chi connectivity index (χ0) is 6.69. The number of hydrogen-bond donors (Lipinski definition) is 0. The Hall–Kier alpha value is -0.700. The van der Waals surface area contributed by atoms with Crippen LogP contribution in [-0.2, 0) is 14.3 Å². The van der Waals surface area contributed by atoms with Crippen molar-refractivity contribution < 1.29 is 14.3 Å². The number of hydrogen-bond acceptors (Lipinski definition) is 3. The molecular formula is C5H5ClO3. The standard InChI is InChI=1S/C5H5ClO3/c6-1-4-2-9-5(7)3-8-4/h2H,1,3H2. The normalized spacial score (nSPS) is 17.9. The fourth-order valence-electron chi connectivity index (χ4n) is 0.421. The summed E-state index contributed by atoms with van der Waals surface area (Å²) in [4.78, 5) is 10.3. The zero-order valence-electron chi connectivity index (χ0n) is 4.59. The number of allylic oxidation sites excluding steroid dienone is 1. The van der Waals surface area contributed by atoms with E-state index in [9.17, 15) is 4.79 Å². The molecule has 0 spiro atoms. The first-order valence-corrected chi connectivity index (χ1v) is 2.93. The highest BCUT2D eigenvalue weighted by atomic mass is 35.5. The molecule has 0 N–H and O–H groups in total. The summed E-state index contributed by atoms with van der Waals surface area (Å²) in [6.07, 6.45) is 1.22. The predicted octanol–water partition coefficient (Wildman–Crippen LogP) is 0.640. The van der Waals surface area contributed by atoms with Crippen LogP contribution in [0.25, 0.3) is 0 Å². The smallest absolute Gasteiger partial charge is 0.349 e. The molecule has 50 valence electrons. The Morgan fingerprint density at radius 1 is 1.78 bits per heavy atom. The van der Waals surface area contributed by atoms with Gasteiger partial charge < -0.3 is 9.47 Å². The van der Waals surface area contributed by atoms with E-state index < -0.39 is 0 Å². The van der Waals surface area contributed by atoms with E-state index in [0.29, 0.717) is 5.76 Å². The van der Waals surface area contributed by atoms with E-state index in [4.69, 9.17) is 16.3 Å². The van der Waals surface area contributed by atoms with Crippen LogP contribution in [0.2, 0.25) is 0 Å². The van der Waals surface area contributed by atoms with Crippen LogP contribution in [0.15, 0.2) is 12.0 Å². The maximum absolute atomic E-state index is 10.3. The first kappa shape index (κ1) is 6.42. The van der Waals surface area contributed by atoms with Crippen LogP contribution in [0, 0.1) is 0 Å². The van der Waals surface area contributed by atoms with E-state index in [1.54, 1.807) is 0 Å². The van der Waals surface area contributed by atoms with Gasteiger partial charge in [0, 0.05) is 0 Å². The fraction of sp³-hybridized carbons (Fsp3) is 0.400. The van der Waals surface area contributed by atoms with Gasteiger partial charge in [0.05, 0.1) is 5.88 Å². The van der Waals surface area contributed by atoms with Crippen molar-refractivity contribution in [3.63, 3.8) is 0 Å². The second-order valence-electron chi connectivity index (χ2n) is 1.50. The predicted molar refractivity (Wildman–Crippen MR) is 30.8 cm³/mol. The first-order valence-electron chi connectivity index (χ1n) is 2.40. The molecule has 0 aliphatic carbocycles. The molecule has 1 rings (SSSR count). The molecule has 0 unspecified atom stereocenters. The molecule has 0 aromatic carbocycles. The van der Waals surface area contributed by atoms with Crippen molar-refractivity contribution in [1.82, 2.24) is 0 Å².